The van der Waals surface area contributed by atoms with Crippen LogP contribution in [0.15, 0.2) is 12.3 Å². The van der Waals surface area contributed by atoms with Crippen LogP contribution in [0.3, 0.4) is 0 Å². The minimum absolute atomic E-state index is 0.791. The van der Waals surface area contributed by atoms with Crippen molar-refractivity contribution in [3.63, 3.8) is 0 Å². The third-order valence-electron chi connectivity index (χ3n) is 3.08. The Kier molecular flexibility index (Phi) is 15.1. The molecule has 0 spiro atoms. The zero-order valence-electron chi connectivity index (χ0n) is 13.3. The average molecular weight is 241 g/mol. The first kappa shape index (κ1) is 18.9. The van der Waals surface area contributed by atoms with E-state index in [1.54, 1.807) is 0 Å². The Labute approximate surface area is 110 Å². The van der Waals surface area contributed by atoms with Crippen molar-refractivity contribution in [2.24, 2.45) is 5.92 Å². The highest BCUT2D eigenvalue weighted by molar-refractivity contribution is 4.93. The van der Waals surface area contributed by atoms with Crippen LogP contribution in [0.5, 0.6) is 0 Å². The second-order valence-corrected chi connectivity index (χ2v) is 4.68. The highest BCUT2D eigenvalue weighted by Gasteiger charge is 2.12. The highest BCUT2D eigenvalue weighted by Crippen LogP contribution is 2.13. The van der Waals surface area contributed by atoms with Crippen molar-refractivity contribution in [3.8, 4) is 0 Å². The lowest BCUT2D eigenvalue weighted by Gasteiger charge is -2.25. The Morgan fingerprint density at radius 1 is 1.00 bits per heavy atom. The first-order valence-electron chi connectivity index (χ1n) is 7.57. The van der Waals surface area contributed by atoms with Crippen molar-refractivity contribution < 1.29 is 0 Å². The normalized spacial score (nSPS) is 13.4. The lowest BCUT2D eigenvalue weighted by molar-refractivity contribution is 0.281. The van der Waals surface area contributed by atoms with E-state index in [2.05, 4.69) is 51.8 Å². The molecule has 0 saturated heterocycles. The smallest absolute Gasteiger partial charge is 0.0279 e. The maximum atomic E-state index is 2.46. The molecule has 0 saturated carbocycles. The summed E-state index contributed by atoms with van der Waals surface area (Å²) in [6.07, 6.45) is 9.62. The second-order valence-electron chi connectivity index (χ2n) is 4.68. The second kappa shape index (κ2) is 13.6. The monoisotopic (exact) mass is 241 g/mol. The number of hydrogen-bond acceptors (Lipinski definition) is 1. The molecule has 1 heterocycles. The predicted molar refractivity (Wildman–Crippen MR) is 81.3 cm³/mol. The number of nitrogens with zero attached hydrogens (tertiary/aromatic N) is 1. The molecule has 104 valence electrons. The molecule has 1 aliphatic heterocycles. The van der Waals surface area contributed by atoms with Crippen LogP contribution in [0.1, 0.15) is 74.1 Å². The van der Waals surface area contributed by atoms with E-state index in [4.69, 9.17) is 0 Å². The molecule has 0 unspecified atom stereocenters. The Morgan fingerprint density at radius 2 is 1.47 bits per heavy atom. The Morgan fingerprint density at radius 3 is 1.71 bits per heavy atom. The molecule has 17 heavy (non-hydrogen) atoms. The van der Waals surface area contributed by atoms with Gasteiger partial charge in [0.1, 0.15) is 0 Å². The highest BCUT2D eigenvalue weighted by atomic mass is 15.1. The zero-order valence-corrected chi connectivity index (χ0v) is 13.3. The van der Waals surface area contributed by atoms with Crippen molar-refractivity contribution in [2.75, 3.05) is 6.54 Å². The molecule has 0 radical (unpaired) electrons. The van der Waals surface area contributed by atoms with Gasteiger partial charge in [-0.2, -0.15) is 0 Å². The Bertz CT molecular complexity index is 157. The molecule has 1 rings (SSSR count). The molecule has 0 N–H and O–H groups in total. The van der Waals surface area contributed by atoms with Gasteiger partial charge in [-0.05, 0) is 31.4 Å². The van der Waals surface area contributed by atoms with Crippen LogP contribution in [0.2, 0.25) is 0 Å². The Hall–Kier alpha value is -0.460. The molecular weight excluding hydrogens is 206 g/mol. The molecule has 0 aromatic heterocycles. The van der Waals surface area contributed by atoms with Crippen molar-refractivity contribution in [3.05, 3.63) is 12.3 Å². The summed E-state index contributed by atoms with van der Waals surface area (Å²) in [6, 6.07) is 0.791. The predicted octanol–water partition coefficient (Wildman–Crippen LogP) is 5.47. The van der Waals surface area contributed by atoms with Crippen molar-refractivity contribution in [1.82, 2.24) is 4.90 Å². The van der Waals surface area contributed by atoms with Gasteiger partial charge in [0.25, 0.3) is 0 Å². The quantitative estimate of drug-likeness (QED) is 0.630. The van der Waals surface area contributed by atoms with Gasteiger partial charge in [-0.3, -0.25) is 0 Å². The van der Waals surface area contributed by atoms with Gasteiger partial charge in [0.05, 0.1) is 0 Å². The third kappa shape index (κ3) is 10.4. The first-order chi connectivity index (χ1) is 8.15. The third-order valence-corrected chi connectivity index (χ3v) is 3.08. The molecule has 0 aliphatic carbocycles. The molecule has 0 atom stereocenters. The van der Waals surface area contributed by atoms with Crippen molar-refractivity contribution in [2.45, 2.75) is 80.2 Å². The standard InChI is InChI=1S/C9H17N.C5H12.C2H6/c1-3-9(4-2)10-7-5-6-8-10;1-4-5(2)3;1-2/h5,7,9H,3-4,6,8H2,1-2H3;5H,4H2,1-3H3;1-2H3. The average Bonchev–Trinajstić information content (AvgIpc) is 2.88. The van der Waals surface area contributed by atoms with E-state index in [-0.39, 0.29) is 0 Å². The van der Waals surface area contributed by atoms with E-state index in [0.29, 0.717) is 0 Å². The minimum Gasteiger partial charge on any atom is -0.374 e. The van der Waals surface area contributed by atoms with Gasteiger partial charge in [-0.15, -0.1) is 0 Å². The summed E-state index contributed by atoms with van der Waals surface area (Å²) >= 11 is 0. The molecule has 1 aliphatic rings. The summed E-state index contributed by atoms with van der Waals surface area (Å²) in [4.78, 5) is 2.46. The van der Waals surface area contributed by atoms with Gasteiger partial charge >= 0.3 is 0 Å². The largest absolute Gasteiger partial charge is 0.374 e. The summed E-state index contributed by atoms with van der Waals surface area (Å²) in [5.41, 5.74) is 0. The lowest BCUT2D eigenvalue weighted by Crippen LogP contribution is -2.27. The lowest BCUT2D eigenvalue weighted by atomic mass is 10.1. The summed E-state index contributed by atoms with van der Waals surface area (Å²) in [6.45, 7) is 16.4. The Balaban J connectivity index is 0. The summed E-state index contributed by atoms with van der Waals surface area (Å²) in [7, 11) is 0. The molecule has 0 bridgehead atoms. The van der Waals surface area contributed by atoms with Crippen LogP contribution in [0, 0.1) is 5.92 Å². The van der Waals surface area contributed by atoms with Gasteiger partial charge in [-0.1, -0.05) is 61.0 Å². The van der Waals surface area contributed by atoms with Crippen LogP contribution in [-0.2, 0) is 0 Å². The molecule has 0 aromatic carbocycles. The van der Waals surface area contributed by atoms with Crippen LogP contribution in [0.25, 0.3) is 0 Å². The molecular formula is C16H35N. The molecule has 0 amide bonds. The fourth-order valence-corrected chi connectivity index (χ4v) is 1.57. The van der Waals surface area contributed by atoms with Crippen LogP contribution >= 0.6 is 0 Å². The van der Waals surface area contributed by atoms with E-state index in [0.717, 1.165) is 12.0 Å². The topological polar surface area (TPSA) is 3.24 Å². The summed E-state index contributed by atoms with van der Waals surface area (Å²) in [5.74, 6) is 0.884. The van der Waals surface area contributed by atoms with E-state index in [1.165, 1.54) is 32.2 Å². The SMILES string of the molecule is CC.CCC(C)C.CCC(CC)N1C=CCC1. The summed E-state index contributed by atoms with van der Waals surface area (Å²) in [5, 5.41) is 0. The van der Waals surface area contributed by atoms with Crippen LogP contribution in [-0.4, -0.2) is 17.5 Å². The van der Waals surface area contributed by atoms with Crippen LogP contribution in [0.4, 0.5) is 0 Å². The number of hydrogen-bond donors (Lipinski definition) is 0. The molecule has 0 aromatic rings. The van der Waals surface area contributed by atoms with E-state index in [1.807, 2.05) is 13.8 Å². The van der Waals surface area contributed by atoms with Crippen molar-refractivity contribution >= 4 is 0 Å². The van der Waals surface area contributed by atoms with Gasteiger partial charge in [0.15, 0.2) is 0 Å². The van der Waals surface area contributed by atoms with Gasteiger partial charge in [-0.25, -0.2) is 0 Å². The maximum absolute atomic E-state index is 2.46. The molecule has 1 nitrogen and oxygen atoms in total. The van der Waals surface area contributed by atoms with Crippen molar-refractivity contribution in [1.29, 1.82) is 0 Å². The first-order valence-corrected chi connectivity index (χ1v) is 7.57. The van der Waals surface area contributed by atoms with E-state index >= 15 is 0 Å². The molecule has 0 fully saturated rings. The zero-order chi connectivity index (χ0) is 13.7. The fraction of sp³-hybridized carbons (Fsp3) is 0.875. The van der Waals surface area contributed by atoms with Gasteiger partial charge in [0.2, 0.25) is 0 Å². The number of rotatable bonds is 4. The van der Waals surface area contributed by atoms with Gasteiger partial charge in [0, 0.05) is 12.6 Å². The van der Waals surface area contributed by atoms with Gasteiger partial charge < -0.3 is 4.90 Å². The fourth-order valence-electron chi connectivity index (χ4n) is 1.57. The van der Waals surface area contributed by atoms with E-state index < -0.39 is 0 Å². The van der Waals surface area contributed by atoms with Crippen LogP contribution < -0.4 is 0 Å². The minimum atomic E-state index is 0.791. The molecule has 1 heteroatoms. The summed E-state index contributed by atoms with van der Waals surface area (Å²) < 4.78 is 0. The van der Waals surface area contributed by atoms with E-state index in [9.17, 15) is 0 Å². The maximum Gasteiger partial charge on any atom is 0.0279 e.